The molecule has 2 aromatic carbocycles. The van der Waals surface area contributed by atoms with Crippen LogP contribution in [0, 0.1) is 0 Å². The lowest BCUT2D eigenvalue weighted by Gasteiger charge is -2.24. The van der Waals surface area contributed by atoms with Gasteiger partial charge in [0, 0.05) is 37.8 Å². The number of nitrogen functional groups attached to an aromatic ring is 1. The third-order valence-electron chi connectivity index (χ3n) is 6.29. The summed E-state index contributed by atoms with van der Waals surface area (Å²) >= 11 is 0. The van der Waals surface area contributed by atoms with E-state index in [1.807, 2.05) is 31.3 Å². The molecule has 0 saturated heterocycles. The number of nitrogens with one attached hydrogen (secondary N) is 1. The summed E-state index contributed by atoms with van der Waals surface area (Å²) in [6.07, 6.45) is 4.08. The van der Waals surface area contributed by atoms with Gasteiger partial charge in [-0.1, -0.05) is 18.2 Å². The first-order chi connectivity index (χ1) is 16.9. The Morgan fingerprint density at radius 1 is 1.11 bits per heavy atom. The van der Waals surface area contributed by atoms with Crippen molar-refractivity contribution < 1.29 is 4.74 Å². The Morgan fingerprint density at radius 2 is 1.91 bits per heavy atom. The van der Waals surface area contributed by atoms with Crippen molar-refractivity contribution in [1.29, 1.82) is 0 Å². The molecule has 182 valence electrons. The van der Waals surface area contributed by atoms with Crippen LogP contribution in [0.25, 0.3) is 22.3 Å². The van der Waals surface area contributed by atoms with E-state index >= 15 is 0 Å². The van der Waals surface area contributed by atoms with Crippen LogP contribution in [0.3, 0.4) is 0 Å². The van der Waals surface area contributed by atoms with Crippen molar-refractivity contribution in [1.82, 2.24) is 24.6 Å². The minimum atomic E-state index is 0.457. The maximum atomic E-state index is 6.42. The second kappa shape index (κ2) is 9.42. The topological polar surface area (TPSA) is 97.4 Å². The quantitative estimate of drug-likeness (QED) is 0.351. The minimum Gasteiger partial charge on any atom is -0.494 e. The molecule has 1 saturated carbocycles. The van der Waals surface area contributed by atoms with E-state index < -0.39 is 0 Å². The van der Waals surface area contributed by atoms with Crippen LogP contribution < -0.4 is 20.7 Å². The van der Waals surface area contributed by atoms with Crippen molar-refractivity contribution in [2.45, 2.75) is 18.9 Å². The molecule has 5 rings (SSSR count). The third kappa shape index (κ3) is 4.72. The number of benzene rings is 2. The van der Waals surface area contributed by atoms with Gasteiger partial charge in [-0.3, -0.25) is 4.68 Å². The molecule has 0 atom stereocenters. The molecule has 1 aliphatic rings. The fourth-order valence-electron chi connectivity index (χ4n) is 4.20. The highest BCUT2D eigenvalue weighted by Crippen LogP contribution is 2.40. The lowest BCUT2D eigenvalue weighted by Crippen LogP contribution is -2.29. The fraction of sp³-hybridized carbons (Fsp3) is 0.346. The summed E-state index contributed by atoms with van der Waals surface area (Å²) in [4.78, 5) is 13.5. The molecule has 0 radical (unpaired) electrons. The smallest absolute Gasteiger partial charge is 0.227 e. The van der Waals surface area contributed by atoms with E-state index in [4.69, 9.17) is 20.6 Å². The first-order valence-corrected chi connectivity index (χ1v) is 11.9. The highest BCUT2D eigenvalue weighted by atomic mass is 16.5. The van der Waals surface area contributed by atoms with Crippen molar-refractivity contribution in [2.24, 2.45) is 0 Å². The Morgan fingerprint density at radius 3 is 2.66 bits per heavy atom. The molecule has 2 aromatic heterocycles. The highest BCUT2D eigenvalue weighted by molar-refractivity contribution is 5.92. The normalized spacial score (nSPS) is 13.4. The highest BCUT2D eigenvalue weighted by Gasteiger charge is 2.27. The van der Waals surface area contributed by atoms with Gasteiger partial charge in [-0.05, 0) is 45.1 Å². The summed E-state index contributed by atoms with van der Waals surface area (Å²) in [5.41, 5.74) is 11.5. The van der Waals surface area contributed by atoms with E-state index in [2.05, 4.69) is 57.1 Å². The van der Waals surface area contributed by atoms with Crippen molar-refractivity contribution in [3.05, 3.63) is 48.7 Å². The molecule has 2 heterocycles. The van der Waals surface area contributed by atoms with Crippen LogP contribution in [0.5, 0.6) is 5.75 Å². The van der Waals surface area contributed by atoms with E-state index in [9.17, 15) is 0 Å². The van der Waals surface area contributed by atoms with Gasteiger partial charge in [-0.15, -0.1) is 0 Å². The van der Waals surface area contributed by atoms with Crippen LogP contribution in [0.1, 0.15) is 18.9 Å². The molecule has 1 fully saturated rings. The monoisotopic (exact) mass is 472 g/mol. The molecule has 1 aliphatic carbocycles. The number of para-hydroxylation sites is 1. The average Bonchev–Trinajstić information content (AvgIpc) is 3.63. The lowest BCUT2D eigenvalue weighted by molar-refractivity contribution is 0.413. The second-order valence-electron chi connectivity index (χ2n) is 9.27. The van der Waals surface area contributed by atoms with Gasteiger partial charge in [-0.2, -0.15) is 5.10 Å². The molecule has 35 heavy (non-hydrogen) atoms. The molecule has 0 amide bonds. The minimum absolute atomic E-state index is 0.457. The number of nitrogens with two attached hydrogens (primary N) is 1. The Bertz CT molecular complexity index is 1340. The predicted octanol–water partition coefficient (Wildman–Crippen LogP) is 4.16. The molecule has 4 aromatic rings. The average molecular weight is 473 g/mol. The number of ether oxygens (including phenoxy) is 1. The van der Waals surface area contributed by atoms with Crippen LogP contribution in [0.4, 0.5) is 23.0 Å². The molecule has 0 spiro atoms. The molecule has 0 aliphatic heterocycles. The van der Waals surface area contributed by atoms with Gasteiger partial charge in [0.2, 0.25) is 5.95 Å². The van der Waals surface area contributed by atoms with E-state index in [0.717, 1.165) is 41.1 Å². The number of nitrogens with zero attached hydrogens (tertiary/aromatic N) is 6. The SMILES string of the molecule is COc1cc(N(C)CCN(C)C)c(N)cc1Nc1nccc(-c2nn(C3CC3)c3ccccc23)n1. The molecule has 0 bridgehead atoms. The zero-order chi connectivity index (χ0) is 24.5. The molecule has 0 unspecified atom stereocenters. The maximum absolute atomic E-state index is 6.42. The Labute approximate surface area is 205 Å². The summed E-state index contributed by atoms with van der Waals surface area (Å²) in [6.45, 7) is 1.77. The number of anilines is 4. The molecule has 9 heteroatoms. The molecular formula is C26H32N8O. The Kier molecular flexibility index (Phi) is 6.17. The zero-order valence-corrected chi connectivity index (χ0v) is 20.7. The lowest BCUT2D eigenvalue weighted by atomic mass is 10.1. The van der Waals surface area contributed by atoms with Crippen LogP contribution in [-0.4, -0.2) is 66.0 Å². The van der Waals surface area contributed by atoms with Crippen LogP contribution in [0.15, 0.2) is 48.7 Å². The van der Waals surface area contributed by atoms with Gasteiger partial charge in [0.1, 0.15) is 11.4 Å². The number of methoxy groups -OCH3 is 1. The first kappa shape index (κ1) is 22.9. The summed E-state index contributed by atoms with van der Waals surface area (Å²) in [6, 6.07) is 14.5. The second-order valence-corrected chi connectivity index (χ2v) is 9.27. The van der Waals surface area contributed by atoms with Crippen LogP contribution >= 0.6 is 0 Å². The van der Waals surface area contributed by atoms with E-state index in [1.54, 1.807) is 13.3 Å². The standard InChI is InChI=1S/C26H32N8O/c1-32(2)13-14-33(3)23-16-24(35-4)21(15-19(23)27)30-26-28-12-11-20(29-26)25-18-7-5-6-8-22(18)34(31-25)17-9-10-17/h5-8,11-12,15-17H,9-10,13-14,27H2,1-4H3,(H,28,29,30). The van der Waals surface area contributed by atoms with Crippen molar-refractivity contribution in [2.75, 3.05) is 57.3 Å². The predicted molar refractivity (Wildman–Crippen MR) is 142 cm³/mol. The summed E-state index contributed by atoms with van der Waals surface area (Å²) in [7, 11) is 7.78. The number of fused-ring (bicyclic) bond motifs is 1. The summed E-state index contributed by atoms with van der Waals surface area (Å²) in [5.74, 6) is 1.13. The largest absolute Gasteiger partial charge is 0.494 e. The van der Waals surface area contributed by atoms with Gasteiger partial charge < -0.3 is 25.6 Å². The molecular weight excluding hydrogens is 440 g/mol. The summed E-state index contributed by atoms with van der Waals surface area (Å²) in [5, 5.41) is 9.31. The van der Waals surface area contributed by atoms with E-state index in [1.165, 1.54) is 12.8 Å². The van der Waals surface area contributed by atoms with Gasteiger partial charge in [-0.25, -0.2) is 9.97 Å². The number of likely N-dealkylation sites (N-methyl/N-ethyl adjacent to an activating group) is 2. The Balaban J connectivity index is 1.44. The molecule has 3 N–H and O–H groups in total. The van der Waals surface area contributed by atoms with Gasteiger partial charge in [0.15, 0.2) is 0 Å². The van der Waals surface area contributed by atoms with Gasteiger partial charge in [0.25, 0.3) is 0 Å². The zero-order valence-electron chi connectivity index (χ0n) is 20.7. The first-order valence-electron chi connectivity index (χ1n) is 11.9. The van der Waals surface area contributed by atoms with E-state index in [-0.39, 0.29) is 0 Å². The van der Waals surface area contributed by atoms with Crippen LogP contribution in [-0.2, 0) is 0 Å². The number of hydrogen-bond donors (Lipinski definition) is 2. The van der Waals surface area contributed by atoms with Crippen molar-refractivity contribution in [3.8, 4) is 17.1 Å². The van der Waals surface area contributed by atoms with Crippen molar-refractivity contribution in [3.63, 3.8) is 0 Å². The number of aromatic nitrogens is 4. The number of rotatable bonds is 9. The van der Waals surface area contributed by atoms with E-state index in [0.29, 0.717) is 29.1 Å². The third-order valence-corrected chi connectivity index (χ3v) is 6.29. The Hall–Kier alpha value is -3.85. The van der Waals surface area contributed by atoms with Crippen LogP contribution in [0.2, 0.25) is 0 Å². The molecule has 9 nitrogen and oxygen atoms in total. The fourth-order valence-corrected chi connectivity index (χ4v) is 4.20. The summed E-state index contributed by atoms with van der Waals surface area (Å²) < 4.78 is 7.81. The van der Waals surface area contributed by atoms with Crippen molar-refractivity contribution >= 4 is 33.9 Å². The van der Waals surface area contributed by atoms with Gasteiger partial charge >= 0.3 is 0 Å². The maximum Gasteiger partial charge on any atom is 0.227 e. The number of hydrogen-bond acceptors (Lipinski definition) is 8. The van der Waals surface area contributed by atoms with Gasteiger partial charge in [0.05, 0.1) is 41.4 Å².